The molecule has 0 spiro atoms. The number of carbonyl (C=O) groups excluding carboxylic acids is 4. The van der Waals surface area contributed by atoms with Gasteiger partial charge in [0.05, 0.1) is 0 Å². The predicted molar refractivity (Wildman–Crippen MR) is 152 cm³/mol. The minimum absolute atomic E-state index is 0.00215. The van der Waals surface area contributed by atoms with Crippen molar-refractivity contribution >= 4 is 23.6 Å². The maximum Gasteiger partial charge on any atom is 0.248 e. The zero-order chi connectivity index (χ0) is 29.3. The van der Waals surface area contributed by atoms with Crippen LogP contribution in [0.5, 0.6) is 0 Å². The molecule has 0 heterocycles. The summed E-state index contributed by atoms with van der Waals surface area (Å²) >= 11 is 0. The van der Waals surface area contributed by atoms with Gasteiger partial charge in [-0.1, -0.05) is 27.7 Å². The van der Waals surface area contributed by atoms with Gasteiger partial charge in [0.2, 0.25) is 23.6 Å². The molecule has 0 radical (unpaired) electrons. The minimum Gasteiger partial charge on any atom is -0.362 e. The van der Waals surface area contributed by atoms with Gasteiger partial charge < -0.3 is 29.1 Å². The Balaban J connectivity index is 0. The van der Waals surface area contributed by atoms with Crippen LogP contribution in [0.3, 0.4) is 0 Å². The molecule has 0 bridgehead atoms. The third-order valence-electron chi connectivity index (χ3n) is 5.81. The van der Waals surface area contributed by atoms with Gasteiger partial charge in [0.25, 0.3) is 0 Å². The van der Waals surface area contributed by atoms with E-state index in [4.69, 9.17) is 9.47 Å². The topological polar surface area (TPSA) is 99.7 Å². The summed E-state index contributed by atoms with van der Waals surface area (Å²) in [4.78, 5) is 54.1. The first-order chi connectivity index (χ1) is 18.2. The molecule has 0 fully saturated rings. The highest BCUT2D eigenvalue weighted by molar-refractivity contribution is 5.80. The Labute approximate surface area is 232 Å². The second-order valence-electron chi connectivity index (χ2n) is 8.88. The first-order valence-corrected chi connectivity index (χ1v) is 14.5. The maximum absolute atomic E-state index is 12.0. The number of nitrogens with zero attached hydrogens (tertiary/aromatic N) is 4. The van der Waals surface area contributed by atoms with E-state index in [9.17, 15) is 19.2 Å². The molecule has 0 rings (SSSR count). The van der Waals surface area contributed by atoms with Crippen molar-refractivity contribution in [3.8, 4) is 0 Å². The number of amides is 4. The summed E-state index contributed by atoms with van der Waals surface area (Å²) in [6.07, 6.45) is 3.74. The van der Waals surface area contributed by atoms with E-state index in [1.165, 1.54) is 0 Å². The van der Waals surface area contributed by atoms with E-state index in [0.29, 0.717) is 26.2 Å². The van der Waals surface area contributed by atoms with Gasteiger partial charge >= 0.3 is 0 Å². The number of ether oxygens (including phenoxy) is 2. The van der Waals surface area contributed by atoms with Gasteiger partial charge in [-0.3, -0.25) is 19.2 Å². The normalized spacial score (nSPS) is 10.3. The van der Waals surface area contributed by atoms with E-state index in [2.05, 4.69) is 0 Å². The monoisotopic (exact) mass is 544 g/mol. The van der Waals surface area contributed by atoms with Crippen LogP contribution in [0.25, 0.3) is 0 Å². The van der Waals surface area contributed by atoms with Gasteiger partial charge in [-0.05, 0) is 53.4 Å². The zero-order valence-electron chi connectivity index (χ0n) is 25.6. The van der Waals surface area contributed by atoms with E-state index < -0.39 is 0 Å². The summed E-state index contributed by atoms with van der Waals surface area (Å²) < 4.78 is 10.5. The molecule has 0 saturated carbocycles. The van der Waals surface area contributed by atoms with Gasteiger partial charge in [0.15, 0.2) is 0 Å². The van der Waals surface area contributed by atoms with Gasteiger partial charge in [-0.25, -0.2) is 0 Å². The fourth-order valence-electron chi connectivity index (χ4n) is 3.77. The lowest BCUT2D eigenvalue weighted by atomic mass is 10.3. The molecule has 10 nitrogen and oxygen atoms in total. The maximum atomic E-state index is 12.0. The van der Waals surface area contributed by atoms with E-state index >= 15 is 0 Å². The number of carbonyl (C=O) groups is 4. The molecule has 0 aromatic carbocycles. The van der Waals surface area contributed by atoms with Crippen molar-refractivity contribution in [3.63, 3.8) is 0 Å². The quantitative estimate of drug-likeness (QED) is 0.234. The predicted octanol–water partition coefficient (Wildman–Crippen LogP) is 3.04. The summed E-state index contributed by atoms with van der Waals surface area (Å²) in [5, 5.41) is 0. The summed E-state index contributed by atoms with van der Waals surface area (Å²) in [5.74, 6) is -0.183. The summed E-state index contributed by atoms with van der Waals surface area (Å²) in [6.45, 7) is 21.5. The smallest absolute Gasteiger partial charge is 0.248 e. The SMILES string of the molecule is CCCN(CCC)C(=O)COCC(=O)N(CCC)CCC.CCN(CC)C(=O)COCC(=O)N(CC)CC. The molecule has 4 amide bonds. The van der Waals surface area contributed by atoms with Crippen LogP contribution in [-0.2, 0) is 28.7 Å². The number of rotatable bonds is 20. The molecule has 224 valence electrons. The van der Waals surface area contributed by atoms with Crippen LogP contribution in [0, 0.1) is 0 Å². The number of hydrogen-bond donors (Lipinski definition) is 0. The van der Waals surface area contributed by atoms with E-state index in [1.807, 2.05) is 55.4 Å². The van der Waals surface area contributed by atoms with Crippen LogP contribution in [-0.4, -0.2) is 122 Å². The molecular formula is C28H56N4O6. The van der Waals surface area contributed by atoms with Crippen molar-refractivity contribution in [2.75, 3.05) is 78.8 Å². The average Bonchev–Trinajstić information content (AvgIpc) is 2.90. The van der Waals surface area contributed by atoms with Crippen molar-refractivity contribution in [2.45, 2.75) is 81.1 Å². The van der Waals surface area contributed by atoms with Gasteiger partial charge in [0.1, 0.15) is 26.4 Å². The molecule has 0 unspecified atom stereocenters. The number of hydrogen-bond acceptors (Lipinski definition) is 6. The zero-order valence-corrected chi connectivity index (χ0v) is 25.6. The molecule has 0 aliphatic carbocycles. The summed E-state index contributed by atoms with van der Waals surface area (Å²) in [6, 6.07) is 0. The van der Waals surface area contributed by atoms with Gasteiger partial charge in [0, 0.05) is 52.4 Å². The first-order valence-electron chi connectivity index (χ1n) is 14.5. The molecule has 0 N–H and O–H groups in total. The van der Waals surface area contributed by atoms with E-state index in [1.54, 1.807) is 19.6 Å². The van der Waals surface area contributed by atoms with Crippen LogP contribution in [0.2, 0.25) is 0 Å². The Bertz CT molecular complexity index is 575. The highest BCUT2D eigenvalue weighted by atomic mass is 16.5. The van der Waals surface area contributed by atoms with Crippen LogP contribution in [0.15, 0.2) is 0 Å². The second kappa shape index (κ2) is 25.1. The molecule has 38 heavy (non-hydrogen) atoms. The van der Waals surface area contributed by atoms with Crippen LogP contribution >= 0.6 is 0 Å². The largest absolute Gasteiger partial charge is 0.362 e. The fourth-order valence-corrected chi connectivity index (χ4v) is 3.77. The van der Waals surface area contributed by atoms with Crippen molar-refractivity contribution in [1.82, 2.24) is 19.6 Å². The van der Waals surface area contributed by atoms with Crippen molar-refractivity contribution in [3.05, 3.63) is 0 Å². The Morgan fingerprint density at radius 3 is 0.789 bits per heavy atom. The van der Waals surface area contributed by atoms with Crippen molar-refractivity contribution in [1.29, 1.82) is 0 Å². The van der Waals surface area contributed by atoms with Crippen LogP contribution < -0.4 is 0 Å². The molecule has 0 aromatic rings. The molecule has 0 aliphatic heterocycles. The summed E-state index contributed by atoms with van der Waals surface area (Å²) in [7, 11) is 0. The lowest BCUT2D eigenvalue weighted by Gasteiger charge is -2.23. The Hall–Kier alpha value is -2.20. The van der Waals surface area contributed by atoms with Crippen LogP contribution in [0.4, 0.5) is 0 Å². The van der Waals surface area contributed by atoms with E-state index in [-0.39, 0.29) is 50.1 Å². The highest BCUT2D eigenvalue weighted by Crippen LogP contribution is 1.99. The lowest BCUT2D eigenvalue weighted by molar-refractivity contribution is -0.143. The lowest BCUT2D eigenvalue weighted by Crippen LogP contribution is -2.38. The van der Waals surface area contributed by atoms with Gasteiger partial charge in [-0.15, -0.1) is 0 Å². The standard InChI is InChI=1S/C16H32N2O3.C12H24N2O3/c1-5-9-17(10-6-2)15(19)13-21-14-16(20)18(11-7-3)12-8-4;1-5-13(6-2)11(15)9-17-10-12(16)14(7-3)8-4/h5-14H2,1-4H3;5-10H2,1-4H3. The molecule has 0 aliphatic rings. The first kappa shape index (κ1) is 37.9. The van der Waals surface area contributed by atoms with Crippen molar-refractivity contribution < 1.29 is 28.7 Å². The Morgan fingerprint density at radius 1 is 0.395 bits per heavy atom. The second-order valence-corrected chi connectivity index (χ2v) is 8.88. The van der Waals surface area contributed by atoms with Crippen molar-refractivity contribution in [2.24, 2.45) is 0 Å². The Kier molecular flexibility index (Phi) is 25.1. The number of likely N-dealkylation sites (N-methyl/N-ethyl adjacent to an activating group) is 2. The average molecular weight is 545 g/mol. The highest BCUT2D eigenvalue weighted by Gasteiger charge is 2.16. The fraction of sp³-hybridized carbons (Fsp3) is 0.857. The minimum atomic E-state index is -0.0673. The molecule has 0 atom stereocenters. The summed E-state index contributed by atoms with van der Waals surface area (Å²) in [5.41, 5.74) is 0. The Morgan fingerprint density at radius 2 is 0.605 bits per heavy atom. The third-order valence-corrected chi connectivity index (χ3v) is 5.81. The molecule has 10 heteroatoms. The van der Waals surface area contributed by atoms with E-state index in [0.717, 1.165) is 51.9 Å². The molecule has 0 saturated heterocycles. The molecular weight excluding hydrogens is 488 g/mol. The van der Waals surface area contributed by atoms with Crippen LogP contribution in [0.1, 0.15) is 81.1 Å². The molecule has 0 aromatic heterocycles. The third kappa shape index (κ3) is 17.3. The van der Waals surface area contributed by atoms with Gasteiger partial charge in [-0.2, -0.15) is 0 Å².